The number of methoxy groups -OCH3 is 2. The van der Waals surface area contributed by atoms with Gasteiger partial charge in [-0.1, -0.05) is 23.4 Å². The molecule has 2 aromatic carbocycles. The van der Waals surface area contributed by atoms with Crippen LogP contribution >= 0.6 is 0 Å². The SMILES string of the molecule is COc1cccc(C=NOCc2ccc(C#N)cc2)c1OC. The van der Waals surface area contributed by atoms with Crippen LogP contribution in [0.4, 0.5) is 0 Å². The standard InChI is InChI=1S/C17H16N2O3/c1-20-16-5-3-4-15(17(16)21-2)11-19-22-12-14-8-6-13(10-18)7-9-14/h3-9,11H,12H2,1-2H3. The van der Waals surface area contributed by atoms with Crippen molar-refractivity contribution < 1.29 is 14.3 Å². The highest BCUT2D eigenvalue weighted by molar-refractivity contribution is 5.84. The van der Waals surface area contributed by atoms with E-state index in [-0.39, 0.29) is 0 Å². The molecule has 0 amide bonds. The van der Waals surface area contributed by atoms with E-state index in [1.165, 1.54) is 0 Å². The van der Waals surface area contributed by atoms with Gasteiger partial charge in [0.15, 0.2) is 11.5 Å². The molecule has 0 spiro atoms. The van der Waals surface area contributed by atoms with E-state index >= 15 is 0 Å². The first kappa shape index (κ1) is 15.4. The first-order valence-electron chi connectivity index (χ1n) is 6.64. The summed E-state index contributed by atoms with van der Waals surface area (Å²) in [6, 6.07) is 14.7. The van der Waals surface area contributed by atoms with Crippen molar-refractivity contribution >= 4 is 6.21 Å². The Morgan fingerprint density at radius 1 is 1.09 bits per heavy atom. The molecule has 0 aliphatic carbocycles. The maximum absolute atomic E-state index is 8.73. The third-order valence-electron chi connectivity index (χ3n) is 3.01. The van der Waals surface area contributed by atoms with Gasteiger partial charge in [-0.2, -0.15) is 5.26 Å². The number of ether oxygens (including phenoxy) is 2. The first-order valence-corrected chi connectivity index (χ1v) is 6.64. The molecule has 0 unspecified atom stereocenters. The lowest BCUT2D eigenvalue weighted by Crippen LogP contribution is -1.95. The van der Waals surface area contributed by atoms with Crippen LogP contribution in [-0.4, -0.2) is 20.4 Å². The molecule has 0 heterocycles. The van der Waals surface area contributed by atoms with E-state index in [4.69, 9.17) is 19.6 Å². The van der Waals surface area contributed by atoms with Gasteiger partial charge in [0, 0.05) is 5.56 Å². The molecule has 5 nitrogen and oxygen atoms in total. The summed E-state index contributed by atoms with van der Waals surface area (Å²) < 4.78 is 10.5. The van der Waals surface area contributed by atoms with Gasteiger partial charge in [-0.25, -0.2) is 0 Å². The van der Waals surface area contributed by atoms with Gasteiger partial charge in [0.25, 0.3) is 0 Å². The molecule has 0 N–H and O–H groups in total. The summed E-state index contributed by atoms with van der Waals surface area (Å²) in [7, 11) is 3.16. The van der Waals surface area contributed by atoms with Gasteiger partial charge < -0.3 is 14.3 Å². The number of para-hydroxylation sites is 1. The Hall–Kier alpha value is -3.00. The number of oxime groups is 1. The van der Waals surface area contributed by atoms with E-state index in [0.29, 0.717) is 23.7 Å². The topological polar surface area (TPSA) is 63.8 Å². The summed E-state index contributed by atoms with van der Waals surface area (Å²) in [6.45, 7) is 0.328. The molecule has 0 atom stereocenters. The molecular weight excluding hydrogens is 280 g/mol. The van der Waals surface area contributed by atoms with Crippen LogP contribution < -0.4 is 9.47 Å². The fraction of sp³-hybridized carbons (Fsp3) is 0.176. The monoisotopic (exact) mass is 296 g/mol. The molecule has 0 aromatic heterocycles. The molecule has 22 heavy (non-hydrogen) atoms. The number of benzene rings is 2. The molecule has 2 rings (SSSR count). The van der Waals surface area contributed by atoms with Crippen LogP contribution in [0.25, 0.3) is 0 Å². The van der Waals surface area contributed by atoms with E-state index in [1.54, 1.807) is 32.6 Å². The lowest BCUT2D eigenvalue weighted by atomic mass is 10.2. The summed E-state index contributed by atoms with van der Waals surface area (Å²) in [6.07, 6.45) is 1.57. The van der Waals surface area contributed by atoms with Gasteiger partial charge >= 0.3 is 0 Å². The molecule has 0 aliphatic rings. The van der Waals surface area contributed by atoms with E-state index < -0.39 is 0 Å². The number of hydrogen-bond acceptors (Lipinski definition) is 5. The van der Waals surface area contributed by atoms with Crippen molar-refractivity contribution in [3.8, 4) is 17.6 Å². The van der Waals surface area contributed by atoms with E-state index in [2.05, 4.69) is 11.2 Å². The van der Waals surface area contributed by atoms with Crippen LogP contribution in [0.3, 0.4) is 0 Å². The predicted molar refractivity (Wildman–Crippen MR) is 83.1 cm³/mol. The molecule has 0 fully saturated rings. The third-order valence-corrected chi connectivity index (χ3v) is 3.01. The smallest absolute Gasteiger partial charge is 0.169 e. The summed E-state index contributed by atoms with van der Waals surface area (Å²) in [5.74, 6) is 1.24. The Kier molecular flexibility index (Phi) is 5.38. The van der Waals surface area contributed by atoms with Crippen LogP contribution in [0.5, 0.6) is 11.5 Å². The molecular formula is C17H16N2O3. The Morgan fingerprint density at radius 3 is 2.50 bits per heavy atom. The van der Waals surface area contributed by atoms with Crippen molar-refractivity contribution in [2.24, 2.45) is 5.16 Å². The average Bonchev–Trinajstić information content (AvgIpc) is 2.58. The van der Waals surface area contributed by atoms with Crippen molar-refractivity contribution in [2.75, 3.05) is 14.2 Å². The van der Waals surface area contributed by atoms with E-state index in [1.807, 2.05) is 30.3 Å². The maximum Gasteiger partial charge on any atom is 0.169 e. The van der Waals surface area contributed by atoms with Gasteiger partial charge in [-0.3, -0.25) is 0 Å². The Balaban J connectivity index is 1.99. The second-order valence-corrected chi connectivity index (χ2v) is 4.40. The van der Waals surface area contributed by atoms with Crippen molar-refractivity contribution in [2.45, 2.75) is 6.61 Å². The quantitative estimate of drug-likeness (QED) is 0.607. The molecule has 0 saturated heterocycles. The van der Waals surface area contributed by atoms with Crippen LogP contribution in [-0.2, 0) is 11.4 Å². The minimum atomic E-state index is 0.328. The summed E-state index contributed by atoms with van der Waals surface area (Å²) in [4.78, 5) is 5.26. The number of rotatable bonds is 6. The van der Waals surface area contributed by atoms with E-state index in [0.717, 1.165) is 11.1 Å². The molecule has 0 aliphatic heterocycles. The number of nitrogens with zero attached hydrogens (tertiary/aromatic N) is 2. The average molecular weight is 296 g/mol. The molecule has 0 radical (unpaired) electrons. The lowest BCUT2D eigenvalue weighted by molar-refractivity contribution is 0.132. The predicted octanol–water partition coefficient (Wildman–Crippen LogP) is 3.13. The highest BCUT2D eigenvalue weighted by Gasteiger charge is 2.07. The zero-order valence-electron chi connectivity index (χ0n) is 12.4. The normalized spacial score (nSPS) is 10.2. The molecule has 2 aromatic rings. The van der Waals surface area contributed by atoms with Crippen LogP contribution in [0, 0.1) is 11.3 Å². The Bertz CT molecular complexity index is 688. The highest BCUT2D eigenvalue weighted by Crippen LogP contribution is 2.29. The van der Waals surface area contributed by atoms with Crippen molar-refractivity contribution in [3.63, 3.8) is 0 Å². The van der Waals surface area contributed by atoms with Crippen LogP contribution in [0.1, 0.15) is 16.7 Å². The Labute approximate surface area is 129 Å². The molecule has 112 valence electrons. The Morgan fingerprint density at radius 2 is 1.86 bits per heavy atom. The van der Waals surface area contributed by atoms with Crippen LogP contribution in [0.2, 0.25) is 0 Å². The lowest BCUT2D eigenvalue weighted by Gasteiger charge is -2.09. The van der Waals surface area contributed by atoms with Gasteiger partial charge in [0.1, 0.15) is 6.61 Å². The van der Waals surface area contributed by atoms with Crippen molar-refractivity contribution in [1.82, 2.24) is 0 Å². The second kappa shape index (κ2) is 7.70. The highest BCUT2D eigenvalue weighted by atomic mass is 16.6. The van der Waals surface area contributed by atoms with Crippen LogP contribution in [0.15, 0.2) is 47.6 Å². The van der Waals surface area contributed by atoms with Crippen molar-refractivity contribution in [1.29, 1.82) is 5.26 Å². The minimum absolute atomic E-state index is 0.328. The number of nitriles is 1. The number of hydrogen-bond donors (Lipinski definition) is 0. The maximum atomic E-state index is 8.73. The van der Waals surface area contributed by atoms with Gasteiger partial charge in [0.05, 0.1) is 32.1 Å². The largest absolute Gasteiger partial charge is 0.493 e. The third kappa shape index (κ3) is 3.76. The summed E-state index contributed by atoms with van der Waals surface area (Å²) >= 11 is 0. The molecule has 0 saturated carbocycles. The van der Waals surface area contributed by atoms with E-state index in [9.17, 15) is 0 Å². The van der Waals surface area contributed by atoms with Crippen molar-refractivity contribution in [3.05, 3.63) is 59.2 Å². The van der Waals surface area contributed by atoms with Gasteiger partial charge in [-0.05, 0) is 29.8 Å². The zero-order chi connectivity index (χ0) is 15.8. The van der Waals surface area contributed by atoms with Gasteiger partial charge in [-0.15, -0.1) is 0 Å². The minimum Gasteiger partial charge on any atom is -0.493 e. The molecule has 5 heteroatoms. The summed E-state index contributed by atoms with van der Waals surface area (Å²) in [5, 5.41) is 12.7. The fourth-order valence-electron chi connectivity index (χ4n) is 1.90. The summed E-state index contributed by atoms with van der Waals surface area (Å²) in [5.41, 5.74) is 2.32. The first-order chi connectivity index (χ1) is 10.8. The second-order valence-electron chi connectivity index (χ2n) is 4.40. The molecule has 0 bridgehead atoms. The van der Waals surface area contributed by atoms with Gasteiger partial charge in [0.2, 0.25) is 0 Å². The fourth-order valence-corrected chi connectivity index (χ4v) is 1.90. The zero-order valence-corrected chi connectivity index (χ0v) is 12.4.